The van der Waals surface area contributed by atoms with Crippen molar-refractivity contribution in [3.63, 3.8) is 0 Å². The zero-order valence-electron chi connectivity index (χ0n) is 24.8. The van der Waals surface area contributed by atoms with Crippen LogP contribution in [-0.4, -0.2) is 0 Å². The smallest absolute Gasteiger partial charge is 0.0542 e. The van der Waals surface area contributed by atoms with Crippen LogP contribution in [0.5, 0.6) is 0 Å². The number of rotatable bonds is 3. The zero-order chi connectivity index (χ0) is 30.2. The highest BCUT2D eigenvalue weighted by atomic mass is 32.1. The molecule has 2 heteroatoms. The third-order valence-electron chi connectivity index (χ3n) is 9.44. The fraction of sp³-hybridized carbons (Fsp3) is 0. The van der Waals surface area contributed by atoms with Crippen molar-refractivity contribution >= 4 is 84.6 Å². The molecule has 0 aliphatic rings. The van der Waals surface area contributed by atoms with Gasteiger partial charge >= 0.3 is 0 Å². The standard InChI is InChI=1S/C44H26S2/c1-2-8-28(9-3-1)35-20-21-36(38-13-7-6-12-37(35)38)29-16-14-27(15-17-29)32-18-19-33-24-40-42(26-34(33)22-32)46-43-39-23-30-10-4-5-11-31(30)25-41(39)45-44(40)43/h1-26H. The minimum absolute atomic E-state index is 1.24. The molecule has 8 aromatic carbocycles. The molecule has 0 saturated carbocycles. The van der Waals surface area contributed by atoms with Gasteiger partial charge in [-0.1, -0.05) is 127 Å². The summed E-state index contributed by atoms with van der Waals surface area (Å²) in [5.41, 5.74) is 7.51. The molecule has 0 aliphatic heterocycles. The van der Waals surface area contributed by atoms with E-state index in [-0.39, 0.29) is 0 Å². The summed E-state index contributed by atoms with van der Waals surface area (Å²) < 4.78 is 5.57. The minimum atomic E-state index is 1.24. The Hall–Kier alpha value is -5.28. The fourth-order valence-electron chi connectivity index (χ4n) is 7.13. The van der Waals surface area contributed by atoms with E-state index in [1.807, 2.05) is 22.7 Å². The molecule has 0 amide bonds. The van der Waals surface area contributed by atoms with Crippen molar-refractivity contribution in [3.8, 4) is 33.4 Å². The Labute approximate surface area is 274 Å². The topological polar surface area (TPSA) is 0 Å². The van der Waals surface area contributed by atoms with E-state index in [4.69, 9.17) is 0 Å². The summed E-state index contributed by atoms with van der Waals surface area (Å²) in [4.78, 5) is 0. The lowest BCUT2D eigenvalue weighted by Gasteiger charge is -2.13. The summed E-state index contributed by atoms with van der Waals surface area (Å²) in [5, 5.41) is 10.5. The third kappa shape index (κ3) is 4.04. The molecule has 0 bridgehead atoms. The molecule has 0 radical (unpaired) electrons. The second-order valence-electron chi connectivity index (χ2n) is 12.1. The molecule has 0 nitrogen and oxygen atoms in total. The van der Waals surface area contributed by atoms with Gasteiger partial charge in [0.1, 0.15) is 0 Å². The molecule has 0 N–H and O–H groups in total. The zero-order valence-corrected chi connectivity index (χ0v) is 26.5. The molecule has 46 heavy (non-hydrogen) atoms. The summed E-state index contributed by atoms with van der Waals surface area (Å²) in [6.45, 7) is 0. The normalized spacial score (nSPS) is 11.9. The highest BCUT2D eigenvalue weighted by molar-refractivity contribution is 7.36. The van der Waals surface area contributed by atoms with Gasteiger partial charge in [-0.3, -0.25) is 0 Å². The summed E-state index contributed by atoms with van der Waals surface area (Å²) in [7, 11) is 0. The molecule has 10 rings (SSSR count). The molecule has 0 spiro atoms. The Morgan fingerprint density at radius 1 is 0.283 bits per heavy atom. The summed E-state index contributed by atoms with van der Waals surface area (Å²) >= 11 is 3.86. The number of fused-ring (bicyclic) bond motifs is 8. The van der Waals surface area contributed by atoms with Gasteiger partial charge in [-0.25, -0.2) is 0 Å². The van der Waals surface area contributed by atoms with E-state index >= 15 is 0 Å². The quantitative estimate of drug-likeness (QED) is 0.185. The molecule has 214 valence electrons. The van der Waals surface area contributed by atoms with Gasteiger partial charge in [0.05, 0.1) is 9.40 Å². The summed E-state index contributed by atoms with van der Waals surface area (Å²) in [6, 6.07) is 58.2. The van der Waals surface area contributed by atoms with Crippen LogP contribution in [0.1, 0.15) is 0 Å². The maximum atomic E-state index is 2.40. The third-order valence-corrected chi connectivity index (χ3v) is 11.9. The Morgan fingerprint density at radius 3 is 1.41 bits per heavy atom. The second-order valence-corrected chi connectivity index (χ2v) is 14.2. The maximum absolute atomic E-state index is 2.40. The van der Waals surface area contributed by atoms with Gasteiger partial charge in [-0.05, 0) is 96.0 Å². The molecule has 0 fully saturated rings. The minimum Gasteiger partial charge on any atom is -0.134 e. The average Bonchev–Trinajstić information content (AvgIpc) is 3.64. The van der Waals surface area contributed by atoms with Crippen LogP contribution in [0.15, 0.2) is 158 Å². The lowest BCUT2D eigenvalue weighted by Crippen LogP contribution is -1.86. The Bertz CT molecular complexity index is 2780. The summed E-state index contributed by atoms with van der Waals surface area (Å²) in [5.74, 6) is 0. The van der Waals surface area contributed by atoms with E-state index in [9.17, 15) is 0 Å². The van der Waals surface area contributed by atoms with Crippen LogP contribution < -0.4 is 0 Å². The van der Waals surface area contributed by atoms with Gasteiger partial charge < -0.3 is 0 Å². The SMILES string of the molecule is c1ccc(-c2ccc(-c3ccc(-c4ccc5cc6c(cc5c4)sc4c5cc7ccccc7cc5sc64)cc3)c3ccccc23)cc1. The predicted molar refractivity (Wildman–Crippen MR) is 204 cm³/mol. The first-order valence-corrected chi connectivity index (χ1v) is 17.3. The first kappa shape index (κ1) is 26.0. The van der Waals surface area contributed by atoms with Crippen LogP contribution in [0.3, 0.4) is 0 Å². The van der Waals surface area contributed by atoms with Crippen LogP contribution in [0.25, 0.3) is 95.3 Å². The van der Waals surface area contributed by atoms with E-state index in [0.29, 0.717) is 0 Å². The Morgan fingerprint density at radius 2 is 0.761 bits per heavy atom. The largest absolute Gasteiger partial charge is 0.134 e. The first-order chi connectivity index (χ1) is 22.8. The van der Waals surface area contributed by atoms with Crippen molar-refractivity contribution in [1.82, 2.24) is 0 Å². The van der Waals surface area contributed by atoms with E-state index in [1.165, 1.54) is 95.3 Å². The molecule has 0 saturated heterocycles. The molecule has 0 aliphatic carbocycles. The van der Waals surface area contributed by atoms with Crippen LogP contribution >= 0.6 is 22.7 Å². The van der Waals surface area contributed by atoms with Gasteiger partial charge in [-0.15, -0.1) is 22.7 Å². The van der Waals surface area contributed by atoms with Crippen LogP contribution in [0, 0.1) is 0 Å². The highest BCUT2D eigenvalue weighted by Gasteiger charge is 2.15. The average molecular weight is 619 g/mol. The van der Waals surface area contributed by atoms with Crippen LogP contribution in [0.4, 0.5) is 0 Å². The van der Waals surface area contributed by atoms with E-state index < -0.39 is 0 Å². The van der Waals surface area contributed by atoms with Crippen molar-refractivity contribution in [2.45, 2.75) is 0 Å². The predicted octanol–water partition coefficient (Wildman–Crippen LogP) is 13.7. The molecular formula is C44H26S2. The second kappa shape index (κ2) is 10.1. The van der Waals surface area contributed by atoms with Crippen LogP contribution in [0.2, 0.25) is 0 Å². The summed E-state index contributed by atoms with van der Waals surface area (Å²) in [6.07, 6.45) is 0. The van der Waals surface area contributed by atoms with Crippen molar-refractivity contribution in [3.05, 3.63) is 158 Å². The van der Waals surface area contributed by atoms with Crippen molar-refractivity contribution in [2.75, 3.05) is 0 Å². The molecule has 0 unspecified atom stereocenters. The van der Waals surface area contributed by atoms with Gasteiger partial charge in [-0.2, -0.15) is 0 Å². The lowest BCUT2D eigenvalue weighted by molar-refractivity contribution is 1.61. The molecular weight excluding hydrogens is 593 g/mol. The maximum Gasteiger partial charge on any atom is 0.0542 e. The monoisotopic (exact) mass is 618 g/mol. The Balaban J connectivity index is 1.03. The molecule has 10 aromatic rings. The number of hydrogen-bond acceptors (Lipinski definition) is 2. The van der Waals surface area contributed by atoms with Crippen LogP contribution in [-0.2, 0) is 0 Å². The van der Waals surface area contributed by atoms with Gasteiger partial charge in [0.25, 0.3) is 0 Å². The Kier molecular flexibility index (Phi) is 5.72. The van der Waals surface area contributed by atoms with E-state index in [1.54, 1.807) is 0 Å². The van der Waals surface area contributed by atoms with E-state index in [0.717, 1.165) is 0 Å². The number of thiophene rings is 2. The molecule has 2 heterocycles. The highest BCUT2D eigenvalue weighted by Crippen LogP contribution is 2.46. The van der Waals surface area contributed by atoms with Crippen molar-refractivity contribution in [1.29, 1.82) is 0 Å². The van der Waals surface area contributed by atoms with E-state index in [2.05, 4.69) is 158 Å². The number of hydrogen-bond donors (Lipinski definition) is 0. The number of benzene rings is 8. The molecule has 0 atom stereocenters. The molecule has 2 aromatic heterocycles. The van der Waals surface area contributed by atoms with Gasteiger partial charge in [0, 0.05) is 20.2 Å². The fourth-order valence-corrected chi connectivity index (χ4v) is 9.82. The van der Waals surface area contributed by atoms with Gasteiger partial charge in [0.15, 0.2) is 0 Å². The van der Waals surface area contributed by atoms with Crippen molar-refractivity contribution < 1.29 is 0 Å². The lowest BCUT2D eigenvalue weighted by atomic mass is 9.91. The van der Waals surface area contributed by atoms with Crippen molar-refractivity contribution in [2.24, 2.45) is 0 Å². The first-order valence-electron chi connectivity index (χ1n) is 15.7. The van der Waals surface area contributed by atoms with Gasteiger partial charge in [0.2, 0.25) is 0 Å².